The Kier molecular flexibility index (Phi) is 3.35. The average molecular weight is 321 g/mol. The maximum absolute atomic E-state index is 12.2. The van der Waals surface area contributed by atoms with Gasteiger partial charge in [0.25, 0.3) is 5.91 Å². The molecule has 0 spiro atoms. The molecule has 0 aliphatic heterocycles. The third-order valence-electron chi connectivity index (χ3n) is 3.22. The van der Waals surface area contributed by atoms with E-state index in [1.807, 2.05) is 30.3 Å². The number of amides is 1. The Morgan fingerprint density at radius 1 is 1.21 bits per heavy atom. The molecule has 0 fully saturated rings. The minimum Gasteiger partial charge on any atom is -0.472 e. The van der Waals surface area contributed by atoms with Crippen LogP contribution in [0.25, 0.3) is 17.1 Å². The highest BCUT2D eigenvalue weighted by Gasteiger charge is 2.15. The van der Waals surface area contributed by atoms with Crippen molar-refractivity contribution in [3.8, 4) is 17.1 Å². The molecule has 3 aromatic heterocycles. The van der Waals surface area contributed by atoms with Gasteiger partial charge in [0.2, 0.25) is 11.8 Å². The highest BCUT2D eigenvalue weighted by molar-refractivity contribution is 6.00. The standard InChI is InChI=1S/C15H11N7O2/c23-14(13-16-9-22(21-13)11-4-2-1-3-5-11)18-15-17-12(19-20-15)10-6-7-24-8-10/h1-9H,(H2,17,18,19,20,23). The van der Waals surface area contributed by atoms with Gasteiger partial charge in [0.15, 0.2) is 5.82 Å². The third kappa shape index (κ3) is 2.65. The lowest BCUT2D eigenvalue weighted by molar-refractivity contribution is 0.101. The number of carbonyl (C=O) groups is 1. The smallest absolute Gasteiger partial charge is 0.297 e. The van der Waals surface area contributed by atoms with E-state index < -0.39 is 5.91 Å². The topological polar surface area (TPSA) is 115 Å². The summed E-state index contributed by atoms with van der Waals surface area (Å²) < 4.78 is 6.49. The maximum atomic E-state index is 12.2. The average Bonchev–Trinajstić information content (AvgIpc) is 3.36. The van der Waals surface area contributed by atoms with Gasteiger partial charge in [-0.25, -0.2) is 9.67 Å². The van der Waals surface area contributed by atoms with E-state index in [1.54, 1.807) is 6.07 Å². The molecule has 118 valence electrons. The second-order valence-electron chi connectivity index (χ2n) is 4.82. The largest absolute Gasteiger partial charge is 0.472 e. The van der Waals surface area contributed by atoms with Crippen molar-refractivity contribution in [2.45, 2.75) is 0 Å². The van der Waals surface area contributed by atoms with Gasteiger partial charge in [-0.05, 0) is 18.2 Å². The van der Waals surface area contributed by atoms with E-state index in [4.69, 9.17) is 4.42 Å². The van der Waals surface area contributed by atoms with Crippen molar-refractivity contribution in [1.29, 1.82) is 0 Å². The number of para-hydroxylation sites is 1. The lowest BCUT2D eigenvalue weighted by Crippen LogP contribution is -2.15. The van der Waals surface area contributed by atoms with Crippen molar-refractivity contribution in [2.24, 2.45) is 0 Å². The predicted molar refractivity (Wildman–Crippen MR) is 83.4 cm³/mol. The molecule has 0 bridgehead atoms. The van der Waals surface area contributed by atoms with Crippen molar-refractivity contribution < 1.29 is 9.21 Å². The Balaban J connectivity index is 1.50. The molecule has 3 heterocycles. The zero-order valence-electron chi connectivity index (χ0n) is 12.2. The molecule has 0 radical (unpaired) electrons. The number of hydrogen-bond donors (Lipinski definition) is 2. The van der Waals surface area contributed by atoms with E-state index in [2.05, 4.69) is 30.6 Å². The van der Waals surface area contributed by atoms with Gasteiger partial charge in [-0.1, -0.05) is 18.2 Å². The summed E-state index contributed by atoms with van der Waals surface area (Å²) in [5, 5.41) is 13.3. The van der Waals surface area contributed by atoms with Crippen LogP contribution in [-0.2, 0) is 0 Å². The number of rotatable bonds is 4. The maximum Gasteiger partial charge on any atom is 0.297 e. The summed E-state index contributed by atoms with van der Waals surface area (Å²) in [5.41, 5.74) is 1.54. The SMILES string of the molecule is O=C(Nc1n[nH]c(-c2ccoc2)n1)c1ncn(-c2ccccc2)n1. The van der Waals surface area contributed by atoms with Crippen LogP contribution in [0.2, 0.25) is 0 Å². The van der Waals surface area contributed by atoms with Crippen LogP contribution < -0.4 is 5.32 Å². The molecule has 0 atom stereocenters. The van der Waals surface area contributed by atoms with Crippen LogP contribution in [0, 0.1) is 0 Å². The number of aromatic nitrogens is 6. The Labute approximate surface area is 135 Å². The Hall–Kier alpha value is -3.75. The molecule has 9 heteroatoms. The van der Waals surface area contributed by atoms with Crippen LogP contribution >= 0.6 is 0 Å². The van der Waals surface area contributed by atoms with Crippen molar-refractivity contribution in [2.75, 3.05) is 5.32 Å². The summed E-state index contributed by atoms with van der Waals surface area (Å²) in [6.45, 7) is 0. The van der Waals surface area contributed by atoms with E-state index in [0.29, 0.717) is 5.82 Å². The summed E-state index contributed by atoms with van der Waals surface area (Å²) >= 11 is 0. The summed E-state index contributed by atoms with van der Waals surface area (Å²) in [6.07, 6.45) is 4.52. The molecule has 2 N–H and O–H groups in total. The summed E-state index contributed by atoms with van der Waals surface area (Å²) in [4.78, 5) is 20.4. The zero-order valence-corrected chi connectivity index (χ0v) is 12.2. The molecule has 9 nitrogen and oxygen atoms in total. The minimum absolute atomic E-state index is 0.0218. The monoisotopic (exact) mass is 321 g/mol. The fourth-order valence-electron chi connectivity index (χ4n) is 2.08. The first-order chi connectivity index (χ1) is 11.8. The number of H-pyrrole nitrogens is 1. The van der Waals surface area contributed by atoms with E-state index >= 15 is 0 Å². The molecule has 0 unspecified atom stereocenters. The van der Waals surface area contributed by atoms with Crippen molar-refractivity contribution in [3.63, 3.8) is 0 Å². The number of nitrogens with one attached hydrogen (secondary N) is 2. The number of hydrogen-bond acceptors (Lipinski definition) is 6. The van der Waals surface area contributed by atoms with Gasteiger partial charge in [0.1, 0.15) is 12.6 Å². The van der Waals surface area contributed by atoms with E-state index in [9.17, 15) is 4.79 Å². The summed E-state index contributed by atoms with van der Waals surface area (Å²) in [6, 6.07) is 11.1. The van der Waals surface area contributed by atoms with Gasteiger partial charge in [0.05, 0.1) is 17.5 Å². The molecular formula is C15H11N7O2. The van der Waals surface area contributed by atoms with Crippen LogP contribution in [-0.4, -0.2) is 35.9 Å². The molecule has 4 aromatic rings. The number of furan rings is 1. The molecule has 1 amide bonds. The van der Waals surface area contributed by atoms with Crippen LogP contribution in [0.1, 0.15) is 10.6 Å². The Bertz CT molecular complexity index is 957. The van der Waals surface area contributed by atoms with E-state index in [1.165, 1.54) is 23.5 Å². The lowest BCUT2D eigenvalue weighted by Gasteiger charge is -1.98. The van der Waals surface area contributed by atoms with Crippen molar-refractivity contribution in [3.05, 3.63) is 61.1 Å². The number of carbonyl (C=O) groups excluding carboxylic acids is 1. The number of aromatic amines is 1. The molecule has 1 aromatic carbocycles. The fourth-order valence-corrected chi connectivity index (χ4v) is 2.08. The normalized spacial score (nSPS) is 10.7. The molecule has 24 heavy (non-hydrogen) atoms. The van der Waals surface area contributed by atoms with Gasteiger partial charge >= 0.3 is 0 Å². The third-order valence-corrected chi connectivity index (χ3v) is 3.22. The number of anilines is 1. The molecule has 0 saturated heterocycles. The fraction of sp³-hybridized carbons (Fsp3) is 0. The first kappa shape index (κ1) is 13.9. The van der Waals surface area contributed by atoms with Crippen molar-refractivity contribution in [1.82, 2.24) is 29.9 Å². The molecule has 0 aliphatic carbocycles. The molecule has 0 saturated carbocycles. The summed E-state index contributed by atoms with van der Waals surface area (Å²) in [7, 11) is 0. The number of benzene rings is 1. The molecule has 0 aliphatic rings. The zero-order chi connectivity index (χ0) is 16.4. The first-order valence-electron chi connectivity index (χ1n) is 7.03. The van der Waals surface area contributed by atoms with Crippen LogP contribution in [0.3, 0.4) is 0 Å². The Morgan fingerprint density at radius 2 is 2.08 bits per heavy atom. The van der Waals surface area contributed by atoms with Gasteiger partial charge in [0, 0.05) is 0 Å². The van der Waals surface area contributed by atoms with Crippen LogP contribution in [0.5, 0.6) is 0 Å². The summed E-state index contributed by atoms with van der Waals surface area (Å²) in [5.74, 6) is 0.144. The van der Waals surface area contributed by atoms with E-state index in [0.717, 1.165) is 11.3 Å². The van der Waals surface area contributed by atoms with E-state index in [-0.39, 0.29) is 11.8 Å². The second-order valence-corrected chi connectivity index (χ2v) is 4.82. The first-order valence-corrected chi connectivity index (χ1v) is 7.03. The van der Waals surface area contributed by atoms with Gasteiger partial charge in [-0.15, -0.1) is 10.2 Å². The highest BCUT2D eigenvalue weighted by Crippen LogP contribution is 2.16. The van der Waals surface area contributed by atoms with Gasteiger partial charge < -0.3 is 4.42 Å². The minimum atomic E-state index is -0.498. The number of nitrogens with zero attached hydrogens (tertiary/aromatic N) is 5. The lowest BCUT2D eigenvalue weighted by atomic mass is 10.3. The molecular weight excluding hydrogens is 310 g/mol. The second kappa shape index (κ2) is 5.80. The van der Waals surface area contributed by atoms with Gasteiger partial charge in [-0.2, -0.15) is 4.98 Å². The highest BCUT2D eigenvalue weighted by atomic mass is 16.3. The van der Waals surface area contributed by atoms with Crippen LogP contribution in [0.15, 0.2) is 59.7 Å². The predicted octanol–water partition coefficient (Wildman–Crippen LogP) is 1.90. The molecule has 4 rings (SSSR count). The quantitative estimate of drug-likeness (QED) is 0.593. The van der Waals surface area contributed by atoms with Crippen molar-refractivity contribution >= 4 is 11.9 Å². The van der Waals surface area contributed by atoms with Crippen LogP contribution in [0.4, 0.5) is 5.95 Å². The Morgan fingerprint density at radius 3 is 2.88 bits per heavy atom. The van der Waals surface area contributed by atoms with Gasteiger partial charge in [-0.3, -0.25) is 15.2 Å².